The number of aliphatic imine (C=N–C) groups is 1. The molecule has 1 saturated heterocycles. The van der Waals surface area contributed by atoms with Gasteiger partial charge in [-0.2, -0.15) is 0 Å². The average Bonchev–Trinajstić information content (AvgIpc) is 2.83. The highest BCUT2D eigenvalue weighted by atomic mass is 32.2. The number of hydrogen-bond acceptors (Lipinski definition) is 3. The van der Waals surface area contributed by atoms with Gasteiger partial charge in [0.2, 0.25) is 10.0 Å². The summed E-state index contributed by atoms with van der Waals surface area (Å²) in [5.41, 5.74) is 3.86. The van der Waals surface area contributed by atoms with Crippen molar-refractivity contribution < 1.29 is 8.42 Å². The van der Waals surface area contributed by atoms with E-state index in [-0.39, 0.29) is 5.75 Å². The molecule has 1 aromatic rings. The summed E-state index contributed by atoms with van der Waals surface area (Å²) in [5.74, 6) is 0.978. The van der Waals surface area contributed by atoms with E-state index in [0.717, 1.165) is 19.4 Å². The van der Waals surface area contributed by atoms with Gasteiger partial charge >= 0.3 is 0 Å². The molecule has 0 amide bonds. The number of nitrogens with zero attached hydrogens (tertiary/aromatic N) is 2. The number of aryl methyl sites for hydroxylation is 2. The summed E-state index contributed by atoms with van der Waals surface area (Å²) < 4.78 is 25.0. The summed E-state index contributed by atoms with van der Waals surface area (Å²) in [5, 5.41) is 6.45. The van der Waals surface area contributed by atoms with Crippen LogP contribution in [0.3, 0.4) is 0 Å². The van der Waals surface area contributed by atoms with Gasteiger partial charge in [0.15, 0.2) is 5.96 Å². The molecule has 0 aromatic heterocycles. The summed E-state index contributed by atoms with van der Waals surface area (Å²) in [7, 11) is -1.30. The number of benzene rings is 1. The summed E-state index contributed by atoms with van der Waals surface area (Å²) in [6.07, 6.45) is 1.65. The zero-order chi connectivity index (χ0) is 17.6. The van der Waals surface area contributed by atoms with Gasteiger partial charge in [-0.1, -0.05) is 29.3 Å². The summed E-state index contributed by atoms with van der Waals surface area (Å²) in [4.78, 5) is 4.18. The van der Waals surface area contributed by atoms with Crippen molar-refractivity contribution >= 4 is 16.0 Å². The Morgan fingerprint density at radius 3 is 2.42 bits per heavy atom. The molecular formula is C17H28N4O2S. The van der Waals surface area contributed by atoms with E-state index in [1.54, 1.807) is 11.4 Å². The largest absolute Gasteiger partial charge is 0.356 e. The van der Waals surface area contributed by atoms with E-state index in [2.05, 4.69) is 47.7 Å². The topological polar surface area (TPSA) is 73.8 Å². The lowest BCUT2D eigenvalue weighted by atomic mass is 10.1. The first-order valence-electron chi connectivity index (χ1n) is 8.40. The molecule has 1 aliphatic heterocycles. The fourth-order valence-electron chi connectivity index (χ4n) is 3.00. The van der Waals surface area contributed by atoms with Gasteiger partial charge in [-0.15, -0.1) is 0 Å². The molecule has 1 aromatic carbocycles. The summed E-state index contributed by atoms with van der Waals surface area (Å²) in [6, 6.07) is 6.57. The Labute approximate surface area is 145 Å². The molecule has 7 heteroatoms. The molecule has 1 heterocycles. The highest BCUT2D eigenvalue weighted by Gasteiger charge is 2.27. The van der Waals surface area contributed by atoms with Gasteiger partial charge in [0.05, 0.1) is 5.75 Å². The summed E-state index contributed by atoms with van der Waals surface area (Å²) >= 11 is 0. The van der Waals surface area contributed by atoms with Crippen LogP contribution in [0.4, 0.5) is 0 Å². The Balaban J connectivity index is 1.72. The molecule has 1 aliphatic rings. The van der Waals surface area contributed by atoms with Crippen LogP contribution in [0.2, 0.25) is 0 Å². The lowest BCUT2D eigenvalue weighted by Gasteiger charge is -2.16. The molecule has 0 saturated carbocycles. The van der Waals surface area contributed by atoms with Crippen molar-refractivity contribution in [3.63, 3.8) is 0 Å². The Bertz CT molecular complexity index is 666. The smallest absolute Gasteiger partial charge is 0.214 e. The minimum atomic E-state index is -3.02. The van der Waals surface area contributed by atoms with E-state index in [1.807, 2.05) is 0 Å². The number of nitrogens with one attached hydrogen (secondary N) is 2. The first kappa shape index (κ1) is 18.7. The van der Waals surface area contributed by atoms with E-state index in [1.165, 1.54) is 16.7 Å². The lowest BCUT2D eigenvalue weighted by Crippen LogP contribution is -2.42. The van der Waals surface area contributed by atoms with E-state index < -0.39 is 10.0 Å². The Kier molecular flexibility index (Phi) is 6.62. The maximum Gasteiger partial charge on any atom is 0.214 e. The van der Waals surface area contributed by atoms with Crippen molar-refractivity contribution in [2.75, 3.05) is 39.0 Å². The molecule has 0 spiro atoms. The van der Waals surface area contributed by atoms with Crippen molar-refractivity contribution in [2.45, 2.75) is 26.7 Å². The fraction of sp³-hybridized carbons (Fsp3) is 0.588. The normalized spacial score (nSPS) is 17.9. The number of sulfonamides is 1. The van der Waals surface area contributed by atoms with Crippen LogP contribution in [0, 0.1) is 13.8 Å². The average molecular weight is 353 g/mol. The Morgan fingerprint density at radius 2 is 1.83 bits per heavy atom. The van der Waals surface area contributed by atoms with Crippen molar-refractivity contribution in [3.8, 4) is 0 Å². The van der Waals surface area contributed by atoms with Gasteiger partial charge < -0.3 is 10.6 Å². The van der Waals surface area contributed by atoms with Crippen molar-refractivity contribution in [1.29, 1.82) is 0 Å². The molecule has 0 aliphatic carbocycles. The van der Waals surface area contributed by atoms with Gasteiger partial charge in [0, 0.05) is 33.2 Å². The van der Waals surface area contributed by atoms with Gasteiger partial charge in [-0.05, 0) is 32.3 Å². The summed E-state index contributed by atoms with van der Waals surface area (Å²) in [6.45, 7) is 6.67. The number of rotatable bonds is 6. The van der Waals surface area contributed by atoms with E-state index in [9.17, 15) is 8.42 Å². The van der Waals surface area contributed by atoms with Crippen LogP contribution in [0.25, 0.3) is 0 Å². The van der Waals surface area contributed by atoms with E-state index in [0.29, 0.717) is 25.6 Å². The van der Waals surface area contributed by atoms with Gasteiger partial charge in [-0.3, -0.25) is 4.99 Å². The molecule has 1 fully saturated rings. The van der Waals surface area contributed by atoms with E-state index in [4.69, 9.17) is 0 Å². The zero-order valence-corrected chi connectivity index (χ0v) is 15.6. The predicted octanol–water partition coefficient (Wildman–Crippen LogP) is 1.05. The zero-order valence-electron chi connectivity index (χ0n) is 14.8. The third-order valence-corrected chi connectivity index (χ3v) is 6.02. The van der Waals surface area contributed by atoms with Gasteiger partial charge in [0.1, 0.15) is 0 Å². The molecule has 0 atom stereocenters. The SMILES string of the molecule is CN=C(NCCc1cc(C)cc(C)c1)NCCN1CCCS1(=O)=O. The molecule has 6 nitrogen and oxygen atoms in total. The lowest BCUT2D eigenvalue weighted by molar-refractivity contribution is 0.445. The second-order valence-electron chi connectivity index (χ2n) is 6.24. The maximum absolute atomic E-state index is 11.7. The molecule has 2 rings (SSSR count). The molecule has 2 N–H and O–H groups in total. The Morgan fingerprint density at radius 1 is 1.17 bits per heavy atom. The van der Waals surface area contributed by atoms with Crippen LogP contribution in [0.15, 0.2) is 23.2 Å². The molecule has 0 unspecified atom stereocenters. The van der Waals surface area contributed by atoms with Crippen LogP contribution >= 0.6 is 0 Å². The first-order valence-corrected chi connectivity index (χ1v) is 10.0. The second-order valence-corrected chi connectivity index (χ2v) is 8.33. The first-order chi connectivity index (χ1) is 11.4. The van der Waals surface area contributed by atoms with Gasteiger partial charge in [-0.25, -0.2) is 12.7 Å². The van der Waals surface area contributed by atoms with Crippen LogP contribution in [-0.2, 0) is 16.4 Å². The highest BCUT2D eigenvalue weighted by molar-refractivity contribution is 7.89. The van der Waals surface area contributed by atoms with Gasteiger partial charge in [0.25, 0.3) is 0 Å². The standard InChI is InChI=1S/C17H28N4O2S/c1-14-11-15(2)13-16(12-14)5-6-19-17(18-3)20-7-9-21-8-4-10-24(21,22)23/h11-13H,4-10H2,1-3H3,(H2,18,19,20). The van der Waals surface area contributed by atoms with Crippen LogP contribution in [-0.4, -0.2) is 57.7 Å². The molecular weight excluding hydrogens is 324 g/mol. The Hall–Kier alpha value is -1.60. The third kappa shape index (κ3) is 5.49. The third-order valence-electron chi connectivity index (χ3n) is 4.07. The maximum atomic E-state index is 11.7. The fourth-order valence-corrected chi connectivity index (χ4v) is 4.53. The molecule has 0 bridgehead atoms. The van der Waals surface area contributed by atoms with Crippen molar-refractivity contribution in [2.24, 2.45) is 4.99 Å². The van der Waals surface area contributed by atoms with Crippen molar-refractivity contribution in [3.05, 3.63) is 34.9 Å². The minimum Gasteiger partial charge on any atom is -0.356 e. The van der Waals surface area contributed by atoms with Crippen LogP contribution in [0.1, 0.15) is 23.1 Å². The number of hydrogen-bond donors (Lipinski definition) is 2. The van der Waals surface area contributed by atoms with Crippen molar-refractivity contribution in [1.82, 2.24) is 14.9 Å². The molecule has 134 valence electrons. The van der Waals surface area contributed by atoms with Crippen LogP contribution < -0.4 is 10.6 Å². The monoisotopic (exact) mass is 352 g/mol. The number of guanidine groups is 1. The highest BCUT2D eigenvalue weighted by Crippen LogP contribution is 2.11. The quantitative estimate of drug-likeness (QED) is 0.593. The molecule has 24 heavy (non-hydrogen) atoms. The van der Waals surface area contributed by atoms with E-state index >= 15 is 0 Å². The minimum absolute atomic E-state index is 0.274. The molecule has 0 radical (unpaired) electrons. The second kappa shape index (κ2) is 8.48. The predicted molar refractivity (Wildman–Crippen MR) is 99.0 cm³/mol. The van der Waals surface area contributed by atoms with Crippen LogP contribution in [0.5, 0.6) is 0 Å².